The number of hydrogen-bond donors (Lipinski definition) is 3. The molecule has 3 rings (SSSR count). The summed E-state index contributed by atoms with van der Waals surface area (Å²) >= 11 is 0. The van der Waals surface area contributed by atoms with Crippen molar-refractivity contribution in [3.8, 4) is 0 Å². The largest absolute Gasteiger partial charge is 0.383 e. The first-order valence-electron chi connectivity index (χ1n) is 6.56. The molecule has 5 N–H and O–H groups in total. The number of nitrogens with one attached hydrogen (secondary N) is 1. The van der Waals surface area contributed by atoms with E-state index >= 15 is 0 Å². The van der Waals surface area contributed by atoms with E-state index in [9.17, 15) is 4.39 Å². The third-order valence-electron chi connectivity index (χ3n) is 3.56. The minimum absolute atomic E-state index is 0.260. The number of hydrogen-bond acceptors (Lipinski definition) is 4. The van der Waals surface area contributed by atoms with Crippen LogP contribution in [0.15, 0.2) is 54.7 Å². The van der Waals surface area contributed by atoms with E-state index in [0.29, 0.717) is 11.2 Å². The van der Waals surface area contributed by atoms with E-state index in [2.05, 4.69) is 10.4 Å². The van der Waals surface area contributed by atoms with Gasteiger partial charge in [-0.2, -0.15) is 0 Å². The van der Waals surface area contributed by atoms with Crippen LogP contribution in [0.25, 0.3) is 10.8 Å². The summed E-state index contributed by atoms with van der Waals surface area (Å²) in [6.45, 7) is 0. The summed E-state index contributed by atoms with van der Waals surface area (Å²) in [5.74, 6) is 5.84. The molecule has 0 radical (unpaired) electrons. The average molecular weight is 282 g/mol. The molecule has 0 fully saturated rings. The lowest BCUT2D eigenvalue weighted by atomic mass is 9.94. The van der Waals surface area contributed by atoms with Crippen molar-refractivity contribution in [2.24, 2.45) is 5.84 Å². The van der Waals surface area contributed by atoms with Crippen LogP contribution in [-0.4, -0.2) is 4.98 Å². The van der Waals surface area contributed by atoms with Crippen LogP contribution in [0.3, 0.4) is 0 Å². The van der Waals surface area contributed by atoms with Crippen LogP contribution in [0.1, 0.15) is 17.2 Å². The van der Waals surface area contributed by atoms with Crippen molar-refractivity contribution in [3.05, 3.63) is 71.7 Å². The van der Waals surface area contributed by atoms with Crippen molar-refractivity contribution in [2.45, 2.75) is 6.04 Å². The molecule has 3 aromatic rings. The monoisotopic (exact) mass is 282 g/mol. The van der Waals surface area contributed by atoms with E-state index in [1.165, 1.54) is 6.07 Å². The number of fused-ring (bicyclic) bond motifs is 1. The van der Waals surface area contributed by atoms with E-state index in [4.69, 9.17) is 11.6 Å². The quantitative estimate of drug-likeness (QED) is 0.509. The summed E-state index contributed by atoms with van der Waals surface area (Å²) in [5.41, 5.74) is 10.3. The molecule has 1 atom stereocenters. The molecule has 0 aliphatic carbocycles. The van der Waals surface area contributed by atoms with Crippen molar-refractivity contribution in [1.82, 2.24) is 10.4 Å². The molecule has 0 aliphatic heterocycles. The van der Waals surface area contributed by atoms with E-state index in [1.807, 2.05) is 18.2 Å². The Hall–Kier alpha value is -2.50. The Morgan fingerprint density at radius 1 is 0.952 bits per heavy atom. The molecule has 0 saturated heterocycles. The summed E-state index contributed by atoms with van der Waals surface area (Å²) in [4.78, 5) is 4.08. The predicted octanol–water partition coefficient (Wildman–Crippen LogP) is 2.51. The van der Waals surface area contributed by atoms with Gasteiger partial charge in [-0.3, -0.25) is 5.84 Å². The molecular formula is C16H15FN4. The van der Waals surface area contributed by atoms with Crippen LogP contribution >= 0.6 is 0 Å². The second kappa shape index (κ2) is 5.47. The SMILES string of the molecule is NNC(c1cccnc1N)c1ccc(F)c2ccccc12. The number of nitrogens with two attached hydrogens (primary N) is 2. The van der Waals surface area contributed by atoms with Gasteiger partial charge >= 0.3 is 0 Å². The van der Waals surface area contributed by atoms with Crippen LogP contribution in [0.4, 0.5) is 10.2 Å². The van der Waals surface area contributed by atoms with Crippen LogP contribution in [-0.2, 0) is 0 Å². The van der Waals surface area contributed by atoms with Crippen LogP contribution in [0.2, 0.25) is 0 Å². The van der Waals surface area contributed by atoms with Crippen molar-refractivity contribution < 1.29 is 4.39 Å². The van der Waals surface area contributed by atoms with Crippen molar-refractivity contribution in [1.29, 1.82) is 0 Å². The number of benzene rings is 2. The average Bonchev–Trinajstić information content (AvgIpc) is 2.52. The number of nitrogens with zero attached hydrogens (tertiary/aromatic N) is 1. The summed E-state index contributed by atoms with van der Waals surface area (Å²) in [5, 5.41) is 1.35. The van der Waals surface area contributed by atoms with E-state index in [1.54, 1.807) is 30.5 Å². The number of nitrogen functional groups attached to an aromatic ring is 1. The maximum absolute atomic E-state index is 13.9. The number of rotatable bonds is 3. The Morgan fingerprint density at radius 2 is 1.71 bits per heavy atom. The van der Waals surface area contributed by atoms with Gasteiger partial charge in [-0.05, 0) is 23.1 Å². The van der Waals surface area contributed by atoms with Gasteiger partial charge in [0.05, 0.1) is 6.04 Å². The molecule has 1 unspecified atom stereocenters. The molecule has 21 heavy (non-hydrogen) atoms. The highest BCUT2D eigenvalue weighted by Crippen LogP contribution is 2.31. The lowest BCUT2D eigenvalue weighted by Gasteiger charge is -2.20. The molecule has 5 heteroatoms. The van der Waals surface area contributed by atoms with Gasteiger partial charge in [-0.25, -0.2) is 14.8 Å². The number of halogens is 1. The van der Waals surface area contributed by atoms with E-state index in [0.717, 1.165) is 16.5 Å². The highest BCUT2D eigenvalue weighted by atomic mass is 19.1. The maximum atomic E-state index is 13.9. The third kappa shape index (κ3) is 2.33. The fourth-order valence-corrected chi connectivity index (χ4v) is 2.56. The molecule has 0 bridgehead atoms. The molecule has 1 heterocycles. The Morgan fingerprint density at radius 3 is 2.43 bits per heavy atom. The lowest BCUT2D eigenvalue weighted by molar-refractivity contribution is 0.627. The van der Waals surface area contributed by atoms with Crippen LogP contribution in [0, 0.1) is 5.82 Å². The fourth-order valence-electron chi connectivity index (χ4n) is 2.56. The Bertz CT molecular complexity index is 788. The first-order chi connectivity index (χ1) is 10.2. The maximum Gasteiger partial charge on any atom is 0.131 e. The molecule has 0 saturated carbocycles. The predicted molar refractivity (Wildman–Crippen MR) is 81.7 cm³/mol. The topological polar surface area (TPSA) is 77.0 Å². The zero-order chi connectivity index (χ0) is 14.8. The highest BCUT2D eigenvalue weighted by Gasteiger charge is 2.18. The molecule has 0 aliphatic rings. The highest BCUT2D eigenvalue weighted by molar-refractivity contribution is 5.87. The number of anilines is 1. The van der Waals surface area contributed by atoms with Crippen molar-refractivity contribution in [2.75, 3.05) is 5.73 Å². The summed E-state index contributed by atoms with van der Waals surface area (Å²) in [6.07, 6.45) is 1.62. The smallest absolute Gasteiger partial charge is 0.131 e. The summed E-state index contributed by atoms with van der Waals surface area (Å²) in [6, 6.07) is 13.7. The van der Waals surface area contributed by atoms with Gasteiger partial charge in [-0.1, -0.05) is 36.4 Å². The van der Waals surface area contributed by atoms with Gasteiger partial charge in [0, 0.05) is 17.1 Å². The van der Waals surface area contributed by atoms with Gasteiger partial charge in [0.1, 0.15) is 11.6 Å². The minimum Gasteiger partial charge on any atom is -0.383 e. The Kier molecular flexibility index (Phi) is 3.51. The van der Waals surface area contributed by atoms with Gasteiger partial charge in [-0.15, -0.1) is 0 Å². The summed E-state index contributed by atoms with van der Waals surface area (Å²) in [7, 11) is 0. The van der Waals surface area contributed by atoms with E-state index < -0.39 is 0 Å². The standard InChI is InChI=1S/C16H15FN4/c17-14-8-7-12(10-4-1-2-5-11(10)14)15(21-19)13-6-3-9-20-16(13)18/h1-9,15,21H,19H2,(H2,18,20). The molecule has 106 valence electrons. The zero-order valence-corrected chi connectivity index (χ0v) is 11.3. The van der Waals surface area contributed by atoms with Gasteiger partial charge in [0.15, 0.2) is 0 Å². The van der Waals surface area contributed by atoms with E-state index in [-0.39, 0.29) is 11.9 Å². The third-order valence-corrected chi connectivity index (χ3v) is 3.56. The normalized spacial score (nSPS) is 12.5. The minimum atomic E-state index is -0.357. The summed E-state index contributed by atoms with van der Waals surface area (Å²) < 4.78 is 13.9. The Labute approximate surface area is 121 Å². The first kappa shape index (κ1) is 13.5. The molecular weight excluding hydrogens is 267 g/mol. The second-order valence-electron chi connectivity index (χ2n) is 4.76. The number of hydrazine groups is 1. The van der Waals surface area contributed by atoms with Gasteiger partial charge < -0.3 is 5.73 Å². The van der Waals surface area contributed by atoms with Crippen LogP contribution in [0.5, 0.6) is 0 Å². The van der Waals surface area contributed by atoms with Crippen molar-refractivity contribution >= 4 is 16.6 Å². The van der Waals surface area contributed by atoms with Crippen molar-refractivity contribution in [3.63, 3.8) is 0 Å². The van der Waals surface area contributed by atoms with Gasteiger partial charge in [0.25, 0.3) is 0 Å². The molecule has 0 amide bonds. The molecule has 4 nitrogen and oxygen atoms in total. The first-order valence-corrected chi connectivity index (χ1v) is 6.56. The number of aromatic nitrogens is 1. The Balaban J connectivity index is 2.23. The molecule has 2 aromatic carbocycles. The van der Waals surface area contributed by atoms with Crippen LogP contribution < -0.4 is 17.0 Å². The molecule has 1 aromatic heterocycles. The fraction of sp³-hybridized carbons (Fsp3) is 0.0625. The molecule has 0 spiro atoms. The second-order valence-corrected chi connectivity index (χ2v) is 4.76. The number of pyridine rings is 1. The zero-order valence-electron chi connectivity index (χ0n) is 11.3. The lowest BCUT2D eigenvalue weighted by Crippen LogP contribution is -2.29. The van der Waals surface area contributed by atoms with Gasteiger partial charge in [0.2, 0.25) is 0 Å².